The van der Waals surface area contributed by atoms with Gasteiger partial charge in [-0.2, -0.15) is 0 Å². The van der Waals surface area contributed by atoms with Crippen LogP contribution in [0.5, 0.6) is 0 Å². The number of amides is 1. The Balaban J connectivity index is 1.47. The Morgan fingerprint density at radius 1 is 1.00 bits per heavy atom. The summed E-state index contributed by atoms with van der Waals surface area (Å²) in [6.45, 7) is 3.59. The van der Waals surface area contributed by atoms with E-state index in [1.807, 2.05) is 44.2 Å². The number of anilines is 2. The summed E-state index contributed by atoms with van der Waals surface area (Å²) in [5, 5.41) is 2.71. The van der Waals surface area contributed by atoms with E-state index in [0.29, 0.717) is 16.9 Å². The summed E-state index contributed by atoms with van der Waals surface area (Å²) in [5.74, 6) is -0.375. The quantitative estimate of drug-likeness (QED) is 0.446. The molecule has 164 valence electrons. The maximum Gasteiger partial charge on any atom is 0.308 e. The summed E-state index contributed by atoms with van der Waals surface area (Å²) in [6.07, 6.45) is 0. The van der Waals surface area contributed by atoms with Gasteiger partial charge >= 0.3 is 4.87 Å². The van der Waals surface area contributed by atoms with Crippen molar-refractivity contribution in [3.8, 4) is 0 Å². The summed E-state index contributed by atoms with van der Waals surface area (Å²) in [5.41, 5.74) is 3.43. The van der Waals surface area contributed by atoms with Crippen LogP contribution in [0.2, 0.25) is 0 Å². The molecule has 0 aliphatic heterocycles. The number of aryl methyl sites for hydroxylation is 2. The van der Waals surface area contributed by atoms with Gasteiger partial charge in [0.2, 0.25) is 5.91 Å². The van der Waals surface area contributed by atoms with Crippen molar-refractivity contribution in [2.45, 2.75) is 25.3 Å². The third kappa shape index (κ3) is 4.58. The number of rotatable bonds is 6. The minimum atomic E-state index is -3.78. The molecule has 4 aromatic rings. The maximum atomic E-state index is 12.7. The first-order valence-corrected chi connectivity index (χ1v) is 12.1. The van der Waals surface area contributed by atoms with Crippen molar-refractivity contribution < 1.29 is 13.2 Å². The van der Waals surface area contributed by atoms with Crippen LogP contribution in [-0.2, 0) is 21.4 Å². The molecule has 32 heavy (non-hydrogen) atoms. The lowest BCUT2D eigenvalue weighted by Crippen LogP contribution is -2.24. The number of para-hydroxylation sites is 1. The van der Waals surface area contributed by atoms with E-state index in [4.69, 9.17) is 0 Å². The number of hydrogen-bond acceptors (Lipinski definition) is 5. The number of thiazole rings is 1. The van der Waals surface area contributed by atoms with Crippen LogP contribution >= 0.6 is 11.3 Å². The molecule has 0 unspecified atom stereocenters. The van der Waals surface area contributed by atoms with Gasteiger partial charge in [0.1, 0.15) is 6.54 Å². The monoisotopic (exact) mass is 467 g/mol. The van der Waals surface area contributed by atoms with Crippen LogP contribution in [0.3, 0.4) is 0 Å². The van der Waals surface area contributed by atoms with Crippen LogP contribution in [0.1, 0.15) is 11.1 Å². The molecule has 0 atom stereocenters. The Hall–Kier alpha value is -3.43. The van der Waals surface area contributed by atoms with Crippen molar-refractivity contribution in [1.29, 1.82) is 0 Å². The molecule has 9 heteroatoms. The van der Waals surface area contributed by atoms with Gasteiger partial charge in [-0.25, -0.2) is 8.42 Å². The smallest absolute Gasteiger partial charge is 0.308 e. The summed E-state index contributed by atoms with van der Waals surface area (Å²) < 4.78 is 30.3. The molecule has 0 fully saturated rings. The Bertz CT molecular complexity index is 1470. The third-order valence-corrected chi connectivity index (χ3v) is 7.30. The first-order chi connectivity index (χ1) is 15.2. The largest absolute Gasteiger partial charge is 0.325 e. The Kier molecular flexibility index (Phi) is 5.86. The van der Waals surface area contributed by atoms with Crippen LogP contribution in [0, 0.1) is 13.8 Å². The Labute approximate surface area is 189 Å². The number of carbonyl (C=O) groups excluding carboxylic acids is 1. The van der Waals surface area contributed by atoms with E-state index in [1.54, 1.807) is 12.1 Å². The number of benzene rings is 3. The maximum absolute atomic E-state index is 12.7. The summed E-state index contributed by atoms with van der Waals surface area (Å²) in [7, 11) is -3.78. The van der Waals surface area contributed by atoms with Gasteiger partial charge in [0.05, 0.1) is 20.8 Å². The second kappa shape index (κ2) is 8.60. The van der Waals surface area contributed by atoms with E-state index in [9.17, 15) is 18.0 Å². The molecule has 1 heterocycles. The standard InChI is InChI=1S/C23H21N3O4S2/c1-15-7-8-16(2)19(13-15)25-32(29,30)18-11-9-17(10-12-18)24-22(27)14-26-20-5-3-4-6-21(20)31-23(26)28/h3-13,25H,14H2,1-2H3,(H,24,27). The van der Waals surface area contributed by atoms with E-state index in [-0.39, 0.29) is 22.2 Å². The van der Waals surface area contributed by atoms with Gasteiger partial charge in [-0.05, 0) is 67.4 Å². The van der Waals surface area contributed by atoms with Crippen molar-refractivity contribution in [2.75, 3.05) is 10.0 Å². The first-order valence-electron chi connectivity index (χ1n) is 9.81. The molecule has 0 radical (unpaired) electrons. The lowest BCUT2D eigenvalue weighted by Gasteiger charge is -2.12. The number of nitrogens with one attached hydrogen (secondary N) is 2. The SMILES string of the molecule is Cc1ccc(C)c(NS(=O)(=O)c2ccc(NC(=O)Cn3c(=O)sc4ccccc43)cc2)c1. The lowest BCUT2D eigenvalue weighted by molar-refractivity contribution is -0.116. The highest BCUT2D eigenvalue weighted by atomic mass is 32.2. The number of hydrogen-bond donors (Lipinski definition) is 2. The molecule has 0 bridgehead atoms. The zero-order valence-electron chi connectivity index (χ0n) is 17.5. The average molecular weight is 468 g/mol. The second-order valence-corrected chi connectivity index (χ2v) is 10.1. The van der Waals surface area contributed by atoms with Gasteiger partial charge in [-0.15, -0.1) is 0 Å². The second-order valence-electron chi connectivity index (χ2n) is 7.42. The van der Waals surface area contributed by atoms with Crippen LogP contribution in [0.25, 0.3) is 10.2 Å². The first kappa shape index (κ1) is 21.8. The van der Waals surface area contributed by atoms with Crippen LogP contribution < -0.4 is 14.9 Å². The minimum Gasteiger partial charge on any atom is -0.325 e. The number of sulfonamides is 1. The molecule has 3 aromatic carbocycles. The molecule has 0 saturated carbocycles. The zero-order chi connectivity index (χ0) is 22.9. The van der Waals surface area contributed by atoms with Crippen LogP contribution in [0.4, 0.5) is 11.4 Å². The molecule has 0 saturated heterocycles. The fourth-order valence-corrected chi connectivity index (χ4v) is 5.29. The van der Waals surface area contributed by atoms with Crippen molar-refractivity contribution in [3.05, 3.63) is 87.5 Å². The fraction of sp³-hybridized carbons (Fsp3) is 0.130. The lowest BCUT2D eigenvalue weighted by atomic mass is 10.1. The Morgan fingerprint density at radius 3 is 2.47 bits per heavy atom. The zero-order valence-corrected chi connectivity index (χ0v) is 19.1. The number of aromatic nitrogens is 1. The number of carbonyl (C=O) groups is 1. The van der Waals surface area contributed by atoms with E-state index < -0.39 is 10.0 Å². The summed E-state index contributed by atoms with van der Waals surface area (Å²) in [6, 6.07) is 18.7. The van der Waals surface area contributed by atoms with Crippen molar-refractivity contribution in [1.82, 2.24) is 4.57 Å². The number of fused-ring (bicyclic) bond motifs is 1. The summed E-state index contributed by atoms with van der Waals surface area (Å²) >= 11 is 1.09. The topological polar surface area (TPSA) is 97.3 Å². The van der Waals surface area contributed by atoms with Gasteiger partial charge < -0.3 is 5.32 Å². The molecule has 0 spiro atoms. The average Bonchev–Trinajstić information content (AvgIpc) is 3.06. The van der Waals surface area contributed by atoms with Crippen molar-refractivity contribution in [2.24, 2.45) is 0 Å². The molecule has 1 aromatic heterocycles. The minimum absolute atomic E-state index is 0.0800. The summed E-state index contributed by atoms with van der Waals surface area (Å²) in [4.78, 5) is 24.5. The van der Waals surface area contributed by atoms with Gasteiger partial charge in [0.25, 0.3) is 10.0 Å². The number of nitrogens with zero attached hydrogens (tertiary/aromatic N) is 1. The van der Waals surface area contributed by atoms with E-state index >= 15 is 0 Å². The van der Waals surface area contributed by atoms with Gasteiger partial charge in [-0.3, -0.25) is 18.9 Å². The van der Waals surface area contributed by atoms with E-state index in [0.717, 1.165) is 27.2 Å². The van der Waals surface area contributed by atoms with Gasteiger partial charge in [0.15, 0.2) is 0 Å². The molecule has 1 amide bonds. The molecule has 4 rings (SSSR count). The molecule has 7 nitrogen and oxygen atoms in total. The molecular formula is C23H21N3O4S2. The molecule has 0 aliphatic carbocycles. The van der Waals surface area contributed by atoms with Crippen LogP contribution in [0.15, 0.2) is 76.4 Å². The normalized spacial score (nSPS) is 11.4. The van der Waals surface area contributed by atoms with Crippen molar-refractivity contribution in [3.63, 3.8) is 0 Å². The van der Waals surface area contributed by atoms with E-state index in [2.05, 4.69) is 10.0 Å². The van der Waals surface area contributed by atoms with E-state index in [1.165, 1.54) is 28.8 Å². The molecule has 2 N–H and O–H groups in total. The highest BCUT2D eigenvalue weighted by molar-refractivity contribution is 7.92. The van der Waals surface area contributed by atoms with Crippen molar-refractivity contribution >= 4 is 48.9 Å². The predicted molar refractivity (Wildman–Crippen MR) is 128 cm³/mol. The molecular weight excluding hydrogens is 446 g/mol. The highest BCUT2D eigenvalue weighted by Gasteiger charge is 2.16. The Morgan fingerprint density at radius 2 is 1.72 bits per heavy atom. The predicted octanol–water partition coefficient (Wildman–Crippen LogP) is 4.12. The fourth-order valence-electron chi connectivity index (χ4n) is 3.27. The molecule has 0 aliphatic rings. The highest BCUT2D eigenvalue weighted by Crippen LogP contribution is 2.22. The van der Waals surface area contributed by atoms with Gasteiger partial charge in [0, 0.05) is 5.69 Å². The van der Waals surface area contributed by atoms with Crippen LogP contribution in [-0.4, -0.2) is 18.9 Å². The third-order valence-electron chi connectivity index (χ3n) is 4.96. The van der Waals surface area contributed by atoms with Gasteiger partial charge in [-0.1, -0.05) is 35.6 Å².